The van der Waals surface area contributed by atoms with Gasteiger partial charge in [-0.05, 0) is 230 Å². The lowest BCUT2D eigenvalue weighted by atomic mass is 9.41. The maximum Gasteiger partial charge on any atom is 0.303 e. The fourth-order valence-corrected chi connectivity index (χ4v) is 30.0. The summed E-state index contributed by atoms with van der Waals surface area (Å²) in [7, 11) is 4.12. The molecule has 0 aromatic heterocycles. The van der Waals surface area contributed by atoms with Crippen molar-refractivity contribution >= 4 is 45.4 Å². The second-order valence-corrected chi connectivity index (χ2v) is 35.7. The summed E-state index contributed by atoms with van der Waals surface area (Å²) in [6.45, 7) is 3.41. The number of phenolic OH excluding ortho intramolecular Hbond substituents is 1. The van der Waals surface area contributed by atoms with Crippen LogP contribution in [0.1, 0.15) is 214 Å². The molecule has 20 rings (SSSR count). The Morgan fingerprint density at radius 1 is 0.882 bits per heavy atom. The number of ether oxygens (including phenoxy) is 2. The Balaban J connectivity index is 0.832. The van der Waals surface area contributed by atoms with E-state index in [1.165, 1.54) is 18.4 Å². The Morgan fingerprint density at radius 3 is 2.52 bits per heavy atom. The van der Waals surface area contributed by atoms with Gasteiger partial charge in [0.1, 0.15) is 16.1 Å². The van der Waals surface area contributed by atoms with E-state index in [1.54, 1.807) is 6.92 Å². The van der Waals surface area contributed by atoms with Gasteiger partial charge in [-0.25, -0.2) is 0 Å². The number of aliphatic imine (C=N–C) groups is 2. The molecule has 0 unspecified atom stereocenters. The smallest absolute Gasteiger partial charge is 0.303 e. The summed E-state index contributed by atoms with van der Waals surface area (Å²) in [6, 6.07) is 13.0. The first-order valence-corrected chi connectivity index (χ1v) is 39.1. The van der Waals surface area contributed by atoms with Gasteiger partial charge in [0, 0.05) is 103 Å². The van der Waals surface area contributed by atoms with Crippen LogP contribution in [-0.4, -0.2) is 109 Å². The zero-order valence-electron chi connectivity index (χ0n) is 55.1. The number of allylic oxidation sites excluding steroid dienone is 2. The van der Waals surface area contributed by atoms with E-state index in [1.807, 2.05) is 4.90 Å². The summed E-state index contributed by atoms with van der Waals surface area (Å²) >= 11 is 0. The number of aliphatic hydroxyl groups excluding tert-OH is 3. The molecule has 21 atom stereocenters. The molecule has 7 heterocycles. The van der Waals surface area contributed by atoms with Crippen molar-refractivity contribution in [3.63, 3.8) is 0 Å². The quantitative estimate of drug-likeness (QED) is 0.0403. The highest BCUT2D eigenvalue weighted by atomic mass is 33.1. The maximum atomic E-state index is 15.2. The van der Waals surface area contributed by atoms with Gasteiger partial charge in [-0.1, -0.05) is 89.4 Å². The number of amides is 1. The van der Waals surface area contributed by atoms with Crippen molar-refractivity contribution in [1.29, 1.82) is 0 Å². The van der Waals surface area contributed by atoms with Gasteiger partial charge in [0.15, 0.2) is 23.4 Å². The summed E-state index contributed by atoms with van der Waals surface area (Å²) in [6.07, 6.45) is 34.2. The van der Waals surface area contributed by atoms with Crippen LogP contribution in [0.5, 0.6) is 11.5 Å². The van der Waals surface area contributed by atoms with Gasteiger partial charge in [0.05, 0.1) is 12.2 Å². The Morgan fingerprint density at radius 2 is 1.70 bits per heavy atom. The molecule has 0 radical (unpaired) electrons. The van der Waals surface area contributed by atoms with Crippen LogP contribution < -0.4 is 27.3 Å². The fraction of sp³-hybridized carbons (Fsp3) is 0.737. The zero-order chi connectivity index (χ0) is 63.9. The number of hydrogen-bond acceptors (Lipinski definition) is 14. The molecule has 2 aromatic carbocycles. The molecule has 10 fully saturated rings. The number of nitrogens with zero attached hydrogens (tertiary/aromatic N) is 3. The van der Waals surface area contributed by atoms with E-state index in [9.17, 15) is 25.2 Å². The normalized spacial score (nSPS) is 44.1. The Bertz CT molecular complexity index is 3330. The predicted molar refractivity (Wildman–Crippen MR) is 366 cm³/mol. The monoisotopic (exact) mass is 1310 g/mol. The Kier molecular flexibility index (Phi) is 16.3. The third-order valence-corrected chi connectivity index (χ3v) is 33.0. The highest BCUT2D eigenvalue weighted by Gasteiger charge is 2.73. The first kappa shape index (κ1) is 63.3. The van der Waals surface area contributed by atoms with Crippen LogP contribution >= 0.6 is 21.6 Å². The highest BCUT2D eigenvalue weighted by Crippen LogP contribution is 2.78. The molecule has 2 aromatic rings. The van der Waals surface area contributed by atoms with E-state index in [2.05, 4.69) is 92.6 Å². The van der Waals surface area contributed by atoms with Crippen molar-refractivity contribution in [2.45, 2.75) is 239 Å². The molecule has 14 bridgehead atoms. The summed E-state index contributed by atoms with van der Waals surface area (Å²) in [5.41, 5.74) is 21.0. The van der Waals surface area contributed by atoms with E-state index in [-0.39, 0.29) is 128 Å². The van der Waals surface area contributed by atoms with Crippen LogP contribution in [0.4, 0.5) is 0 Å². The number of fused-ring (bicyclic) bond motifs is 2. The predicted octanol–water partition coefficient (Wildman–Crippen LogP) is 11.8. The second-order valence-electron chi connectivity index (χ2n) is 33.0. The molecule has 6 spiro atoms. The van der Waals surface area contributed by atoms with Gasteiger partial charge < -0.3 is 57.3 Å². The number of aromatic hydroxyl groups is 1. The zero-order valence-corrected chi connectivity index (χ0v) is 56.7. The number of hydrogen-bond donors (Lipinski definition) is 8. The van der Waals surface area contributed by atoms with Gasteiger partial charge in [0.25, 0.3) is 0 Å². The first-order chi connectivity index (χ1) is 45.0. The molecule has 93 heavy (non-hydrogen) atoms. The van der Waals surface area contributed by atoms with Crippen LogP contribution in [0.25, 0.3) is 0 Å². The lowest BCUT2D eigenvalue weighted by Crippen LogP contribution is -2.63. The van der Waals surface area contributed by atoms with Crippen LogP contribution in [0.2, 0.25) is 0 Å². The number of carbonyl (C=O) groups excluding carboxylic acids is 2. The number of rotatable bonds is 8. The number of aliphatic hydroxyl groups is 3. The van der Waals surface area contributed by atoms with E-state index in [4.69, 9.17) is 31.7 Å². The van der Waals surface area contributed by atoms with Crippen LogP contribution in [0.3, 0.4) is 0 Å². The summed E-state index contributed by atoms with van der Waals surface area (Å²) in [5, 5.41) is 54.9. The Labute approximate surface area is 559 Å². The number of nitrogens with two attached hydrogens (primary N) is 3. The summed E-state index contributed by atoms with van der Waals surface area (Å²) < 4.78 is 14.3. The summed E-state index contributed by atoms with van der Waals surface area (Å²) in [4.78, 5) is 40.8. The second kappa shape index (κ2) is 23.9. The van der Waals surface area contributed by atoms with Crippen LogP contribution in [-0.2, 0) is 27.3 Å². The number of benzene rings is 2. The minimum atomic E-state index is -0.918. The molecule has 15 nitrogen and oxygen atoms in total. The molecule has 1 saturated heterocycles. The molecule has 1 amide bonds. The van der Waals surface area contributed by atoms with E-state index < -0.39 is 28.8 Å². The van der Waals surface area contributed by atoms with E-state index in [0.29, 0.717) is 81.3 Å². The van der Waals surface area contributed by atoms with E-state index >= 15 is 4.79 Å². The molecule has 7 aliphatic heterocycles. The molecule has 18 aliphatic rings. The van der Waals surface area contributed by atoms with Gasteiger partial charge in [0.2, 0.25) is 5.91 Å². The van der Waals surface area contributed by atoms with Gasteiger partial charge in [-0.15, -0.1) is 0 Å². The minimum Gasteiger partial charge on any atom is -0.504 e. The molecular weight excluding hydrogens is 1200 g/mol. The standard InChI is InChI=1S/C76H105N7O8S2/c1-45(85)90-74-39-49-15-16-53(74)37-50-35-51(65(88)66-63(50)47-23-32-73(91-66)29-7-14-52(73)36-47)43-83-44-71(41-62(83)87)54(17-19-57(71)46-11-3-2-4-12-46)42-81-69(79)82-76(31-9-27-70(76)25-5-6-26-70)93-92-61-22-21-58-56(64(49)60(86)40-74)18-20-59(61)75(58)30-10-28-72(75)38-48(13-8-34-84)55(67(72)89)24-33-80-68(77)78/h2-4,11-12,21-23,32,35,47-49,52-61,64,67,84,86,88-89H,5-10,13-20,24-31,33-34,36-44H2,1H3,(H4,77,78,80)(H3,79,81,82)/t47-,48+,49-,52-,53+,54-,55+,56-,57+,58-,59-,60+,61-,64-,67-,71-,72+,73+,74-,75+,76-/m0/s1. The highest BCUT2D eigenvalue weighted by molar-refractivity contribution is 8.77. The molecule has 9 saturated carbocycles. The average molecular weight is 1310 g/mol. The molecule has 504 valence electrons. The molecule has 11 N–H and O–H groups in total. The third kappa shape index (κ3) is 9.90. The van der Waals surface area contributed by atoms with Crippen molar-refractivity contribution in [3.05, 3.63) is 83.0 Å². The van der Waals surface area contributed by atoms with Crippen LogP contribution in [0.15, 0.2) is 70.7 Å². The SMILES string of the molecule is CC(=O)O[C@]12C[C@@H]3CC[C@@H]1Cc1cc(c(O)c4c1[C@H]1C=C[C@@]5(CCC[C@H]5C1)O4)CN1C[C@@]4(CC1=O)[C@@H](CC[C@@H]4c1ccccc1)CN=C(N)N[C@@]1(CCCC14CCCC4)SS[C@H]1C=C[C@H]4[C@H](CC[C@@H]1[C@@]41CCC[C@]14C[C@@H](CCCO)[C@@H](CCN=C(N)N)[C@@H]4O)[C@H]3[C@H](O)C2. The lowest BCUT2D eigenvalue weighted by Gasteiger charge is -2.65. The van der Waals surface area contributed by atoms with E-state index in [0.717, 1.165) is 140 Å². The minimum absolute atomic E-state index is 0.0161. The Hall–Kier alpha value is -4.42. The van der Waals surface area contributed by atoms with Gasteiger partial charge >= 0.3 is 5.97 Å². The van der Waals surface area contributed by atoms with Gasteiger partial charge in [-0.3, -0.25) is 19.6 Å². The van der Waals surface area contributed by atoms with Crippen molar-refractivity contribution in [2.75, 3.05) is 26.2 Å². The maximum absolute atomic E-state index is 15.2. The number of phenols is 1. The summed E-state index contributed by atoms with van der Waals surface area (Å²) in [5.74, 6) is 2.34. The topological polar surface area (TPSA) is 252 Å². The lowest BCUT2D eigenvalue weighted by molar-refractivity contribution is -0.210. The number of nitrogens with one attached hydrogen (secondary N) is 1. The van der Waals surface area contributed by atoms with Gasteiger partial charge in [-0.2, -0.15) is 0 Å². The number of guanidine groups is 2. The van der Waals surface area contributed by atoms with Crippen molar-refractivity contribution < 1.29 is 39.5 Å². The number of carbonyl (C=O) groups is 2. The molecule has 11 aliphatic carbocycles. The number of esters is 1. The first-order valence-electron chi connectivity index (χ1n) is 36.9. The third-order valence-electron chi connectivity index (χ3n) is 29.3. The molecule has 17 heteroatoms. The van der Waals surface area contributed by atoms with Crippen molar-refractivity contribution in [1.82, 2.24) is 10.2 Å². The van der Waals surface area contributed by atoms with Crippen molar-refractivity contribution in [2.24, 2.45) is 108 Å². The van der Waals surface area contributed by atoms with Crippen LogP contribution in [0, 0.1) is 80.8 Å². The average Bonchev–Trinajstić information content (AvgIpc) is 1.59. The van der Waals surface area contributed by atoms with Crippen molar-refractivity contribution in [3.8, 4) is 11.5 Å². The largest absolute Gasteiger partial charge is 0.504 e. The fourth-order valence-electron chi connectivity index (χ4n) is 25.9. The molecular formula is C76H105N7O8S2.